The van der Waals surface area contributed by atoms with E-state index in [0.29, 0.717) is 12.5 Å². The molecule has 118 valence electrons. The number of likely N-dealkylation sites (tertiary alicyclic amines) is 1. The van der Waals surface area contributed by atoms with Crippen molar-refractivity contribution in [3.05, 3.63) is 0 Å². The second-order valence-electron chi connectivity index (χ2n) is 7.15. The molecule has 1 atom stereocenters. The van der Waals surface area contributed by atoms with E-state index >= 15 is 0 Å². The smallest absolute Gasteiger partial charge is 0.225 e. The topological polar surface area (TPSA) is 49.4 Å². The lowest BCUT2D eigenvalue weighted by Gasteiger charge is -2.35. The van der Waals surface area contributed by atoms with Crippen LogP contribution in [0.1, 0.15) is 57.8 Å². The number of hydrogen-bond donors (Lipinski definition) is 1. The Hall–Kier alpha value is -1.06. The Morgan fingerprint density at radius 2 is 1.62 bits per heavy atom. The van der Waals surface area contributed by atoms with Gasteiger partial charge in [-0.25, -0.2) is 0 Å². The maximum atomic E-state index is 12.6. The SMILES string of the molecule is O=C(NCC1CC1)[C@H]1CCCN(C(=O)C2CCCCC2)C1. The zero-order valence-electron chi connectivity index (χ0n) is 13.0. The van der Waals surface area contributed by atoms with E-state index in [1.165, 1.54) is 32.1 Å². The normalized spacial score (nSPS) is 27.4. The molecular weight excluding hydrogens is 264 g/mol. The van der Waals surface area contributed by atoms with Crippen LogP contribution in [0, 0.1) is 17.8 Å². The summed E-state index contributed by atoms with van der Waals surface area (Å²) >= 11 is 0. The molecule has 4 nitrogen and oxygen atoms in total. The molecule has 1 heterocycles. The van der Waals surface area contributed by atoms with Gasteiger partial charge in [-0.2, -0.15) is 0 Å². The van der Waals surface area contributed by atoms with Gasteiger partial charge in [-0.3, -0.25) is 9.59 Å². The molecule has 3 aliphatic rings. The second-order valence-corrected chi connectivity index (χ2v) is 7.15. The van der Waals surface area contributed by atoms with Crippen LogP contribution in [0.2, 0.25) is 0 Å². The van der Waals surface area contributed by atoms with Crippen LogP contribution in [0.25, 0.3) is 0 Å². The molecule has 0 spiro atoms. The van der Waals surface area contributed by atoms with Gasteiger partial charge in [0.05, 0.1) is 5.92 Å². The largest absolute Gasteiger partial charge is 0.356 e. The number of piperidine rings is 1. The van der Waals surface area contributed by atoms with Crippen molar-refractivity contribution in [2.75, 3.05) is 19.6 Å². The fraction of sp³-hybridized carbons (Fsp3) is 0.882. The highest BCUT2D eigenvalue weighted by atomic mass is 16.2. The maximum Gasteiger partial charge on any atom is 0.225 e. The van der Waals surface area contributed by atoms with Gasteiger partial charge in [0.15, 0.2) is 0 Å². The quantitative estimate of drug-likeness (QED) is 0.864. The summed E-state index contributed by atoms with van der Waals surface area (Å²) in [6.45, 7) is 2.33. The Kier molecular flexibility index (Phi) is 4.81. The van der Waals surface area contributed by atoms with Gasteiger partial charge < -0.3 is 10.2 Å². The summed E-state index contributed by atoms with van der Waals surface area (Å²) in [7, 11) is 0. The Bertz CT molecular complexity index is 386. The minimum Gasteiger partial charge on any atom is -0.356 e. The molecule has 1 saturated heterocycles. The van der Waals surface area contributed by atoms with Crippen molar-refractivity contribution >= 4 is 11.8 Å². The number of carbonyl (C=O) groups is 2. The molecule has 0 unspecified atom stereocenters. The molecule has 4 heteroatoms. The first-order chi connectivity index (χ1) is 10.2. The van der Waals surface area contributed by atoms with Crippen LogP contribution in [-0.4, -0.2) is 36.3 Å². The lowest BCUT2D eigenvalue weighted by Crippen LogP contribution is -2.47. The molecule has 3 fully saturated rings. The van der Waals surface area contributed by atoms with Crippen LogP contribution in [0.4, 0.5) is 0 Å². The molecule has 0 aromatic carbocycles. The van der Waals surface area contributed by atoms with Crippen LogP contribution in [-0.2, 0) is 9.59 Å². The zero-order valence-corrected chi connectivity index (χ0v) is 13.0. The molecule has 1 N–H and O–H groups in total. The predicted octanol–water partition coefficient (Wildman–Crippen LogP) is 2.33. The average molecular weight is 292 g/mol. The summed E-state index contributed by atoms with van der Waals surface area (Å²) in [6, 6.07) is 0. The van der Waals surface area contributed by atoms with Gasteiger partial charge in [0.25, 0.3) is 0 Å². The molecule has 2 amide bonds. The monoisotopic (exact) mass is 292 g/mol. The van der Waals surface area contributed by atoms with Crippen molar-refractivity contribution in [3.63, 3.8) is 0 Å². The van der Waals surface area contributed by atoms with Crippen molar-refractivity contribution in [2.24, 2.45) is 17.8 Å². The molecule has 3 rings (SSSR count). The lowest BCUT2D eigenvalue weighted by atomic mass is 9.87. The highest BCUT2D eigenvalue weighted by Crippen LogP contribution is 2.29. The number of rotatable bonds is 4. The first kappa shape index (κ1) is 14.9. The minimum atomic E-state index is 0.0186. The summed E-state index contributed by atoms with van der Waals surface area (Å²) < 4.78 is 0. The van der Waals surface area contributed by atoms with Crippen molar-refractivity contribution in [1.82, 2.24) is 10.2 Å². The highest BCUT2D eigenvalue weighted by Gasteiger charge is 2.32. The zero-order chi connectivity index (χ0) is 14.7. The highest BCUT2D eigenvalue weighted by molar-refractivity contribution is 5.82. The van der Waals surface area contributed by atoms with E-state index in [2.05, 4.69) is 5.32 Å². The summed E-state index contributed by atoms with van der Waals surface area (Å²) in [6.07, 6.45) is 10.2. The van der Waals surface area contributed by atoms with Crippen LogP contribution in [0.3, 0.4) is 0 Å². The molecule has 1 aliphatic heterocycles. The molecule has 0 aromatic heterocycles. The van der Waals surface area contributed by atoms with Gasteiger partial charge in [0.1, 0.15) is 0 Å². The van der Waals surface area contributed by atoms with Crippen LogP contribution >= 0.6 is 0 Å². The minimum absolute atomic E-state index is 0.0186. The molecular formula is C17H28N2O2. The first-order valence-corrected chi connectivity index (χ1v) is 8.80. The first-order valence-electron chi connectivity index (χ1n) is 8.80. The van der Waals surface area contributed by atoms with E-state index in [4.69, 9.17) is 0 Å². The second kappa shape index (κ2) is 6.80. The van der Waals surface area contributed by atoms with Crippen LogP contribution in [0.5, 0.6) is 0 Å². The van der Waals surface area contributed by atoms with Crippen molar-refractivity contribution in [2.45, 2.75) is 57.8 Å². The fourth-order valence-electron chi connectivity index (χ4n) is 3.71. The van der Waals surface area contributed by atoms with E-state index < -0.39 is 0 Å². The summed E-state index contributed by atoms with van der Waals surface area (Å²) in [5.74, 6) is 1.45. The third-order valence-corrected chi connectivity index (χ3v) is 5.32. The number of nitrogens with one attached hydrogen (secondary N) is 1. The van der Waals surface area contributed by atoms with Crippen LogP contribution < -0.4 is 5.32 Å². The number of hydrogen-bond acceptors (Lipinski definition) is 2. The molecule has 21 heavy (non-hydrogen) atoms. The maximum absolute atomic E-state index is 12.6. The summed E-state index contributed by atoms with van der Waals surface area (Å²) in [5, 5.41) is 3.08. The van der Waals surface area contributed by atoms with Gasteiger partial charge in [-0.05, 0) is 44.4 Å². The predicted molar refractivity (Wildman–Crippen MR) is 81.6 cm³/mol. The van der Waals surface area contributed by atoms with Crippen LogP contribution in [0.15, 0.2) is 0 Å². The molecule has 2 saturated carbocycles. The third kappa shape index (κ3) is 3.98. The van der Waals surface area contributed by atoms with Crippen molar-refractivity contribution < 1.29 is 9.59 Å². The molecule has 2 aliphatic carbocycles. The standard InChI is InChI=1S/C17H28N2O2/c20-16(18-11-13-8-9-13)15-7-4-10-19(12-15)17(21)14-5-2-1-3-6-14/h13-15H,1-12H2,(H,18,20)/t15-/m0/s1. The Morgan fingerprint density at radius 3 is 2.33 bits per heavy atom. The number of amides is 2. The van der Waals surface area contributed by atoms with E-state index in [0.717, 1.165) is 44.7 Å². The average Bonchev–Trinajstić information content (AvgIpc) is 3.37. The Morgan fingerprint density at radius 1 is 0.905 bits per heavy atom. The third-order valence-electron chi connectivity index (χ3n) is 5.32. The van der Waals surface area contributed by atoms with Gasteiger partial charge in [0, 0.05) is 25.6 Å². The summed E-state index contributed by atoms with van der Waals surface area (Å²) in [4.78, 5) is 26.8. The lowest BCUT2D eigenvalue weighted by molar-refractivity contribution is -0.140. The van der Waals surface area contributed by atoms with Crippen molar-refractivity contribution in [1.29, 1.82) is 0 Å². The molecule has 0 bridgehead atoms. The number of nitrogens with zero attached hydrogens (tertiary/aromatic N) is 1. The van der Waals surface area contributed by atoms with Gasteiger partial charge in [-0.15, -0.1) is 0 Å². The fourth-order valence-corrected chi connectivity index (χ4v) is 3.71. The molecule has 0 aromatic rings. The molecule has 0 radical (unpaired) electrons. The van der Waals surface area contributed by atoms with Gasteiger partial charge in [0.2, 0.25) is 11.8 Å². The van der Waals surface area contributed by atoms with E-state index in [9.17, 15) is 9.59 Å². The Balaban J connectivity index is 1.49. The number of carbonyl (C=O) groups excluding carboxylic acids is 2. The van der Waals surface area contributed by atoms with Gasteiger partial charge in [-0.1, -0.05) is 19.3 Å². The van der Waals surface area contributed by atoms with E-state index in [1.54, 1.807) is 0 Å². The summed E-state index contributed by atoms with van der Waals surface area (Å²) in [5.41, 5.74) is 0. The van der Waals surface area contributed by atoms with E-state index in [1.807, 2.05) is 4.90 Å². The Labute approximate surface area is 127 Å². The van der Waals surface area contributed by atoms with Gasteiger partial charge >= 0.3 is 0 Å². The van der Waals surface area contributed by atoms with Crippen molar-refractivity contribution in [3.8, 4) is 0 Å². The van der Waals surface area contributed by atoms with E-state index in [-0.39, 0.29) is 17.7 Å².